The van der Waals surface area contributed by atoms with Crippen LogP contribution in [0.4, 0.5) is 21.7 Å². The Bertz CT molecular complexity index is 1120. The third-order valence-corrected chi connectivity index (χ3v) is 3.90. The number of terminal acetylenes is 1. The van der Waals surface area contributed by atoms with Crippen LogP contribution in [-0.4, -0.2) is 46.4 Å². The number of nitrogens with zero attached hydrogens (tertiary/aromatic N) is 4. The fourth-order valence-electron chi connectivity index (χ4n) is 2.52. The molecule has 1 aromatic carbocycles. The van der Waals surface area contributed by atoms with E-state index in [9.17, 15) is 9.18 Å². The predicted molar refractivity (Wildman–Crippen MR) is 111 cm³/mol. The number of carbonyl (C=O) groups excluding carboxylic acids is 1. The fourth-order valence-corrected chi connectivity index (χ4v) is 2.52. The van der Waals surface area contributed by atoms with Gasteiger partial charge in [-0.15, -0.1) is 6.42 Å². The van der Waals surface area contributed by atoms with Crippen molar-refractivity contribution in [3.8, 4) is 12.3 Å². The SMILES string of the molecule is C#Cc1cc(Nc2ncnc3cnc(NC(=O)C=CCN(C)C)cc23)ccc1F. The van der Waals surface area contributed by atoms with Crippen molar-refractivity contribution in [2.75, 3.05) is 31.3 Å². The summed E-state index contributed by atoms with van der Waals surface area (Å²) in [6.07, 6.45) is 11.5. The zero-order chi connectivity index (χ0) is 20.8. The summed E-state index contributed by atoms with van der Waals surface area (Å²) in [6.45, 7) is 0.651. The molecule has 7 nitrogen and oxygen atoms in total. The molecule has 8 heteroatoms. The first-order valence-electron chi connectivity index (χ1n) is 8.72. The van der Waals surface area contributed by atoms with Gasteiger partial charge in [0, 0.05) is 23.7 Å². The van der Waals surface area contributed by atoms with Crippen molar-refractivity contribution in [3.05, 3.63) is 60.3 Å². The molecule has 0 radical (unpaired) electrons. The van der Waals surface area contributed by atoms with Crippen LogP contribution in [0.5, 0.6) is 0 Å². The van der Waals surface area contributed by atoms with Gasteiger partial charge in [-0.05, 0) is 38.4 Å². The minimum atomic E-state index is -0.470. The van der Waals surface area contributed by atoms with Gasteiger partial charge in [-0.2, -0.15) is 0 Å². The summed E-state index contributed by atoms with van der Waals surface area (Å²) >= 11 is 0. The average Bonchev–Trinajstić information content (AvgIpc) is 2.69. The Hall–Kier alpha value is -3.83. The molecule has 1 amide bonds. The number of amides is 1. The van der Waals surface area contributed by atoms with Crippen LogP contribution >= 0.6 is 0 Å². The first-order chi connectivity index (χ1) is 14.0. The first-order valence-corrected chi connectivity index (χ1v) is 8.72. The quantitative estimate of drug-likeness (QED) is 0.497. The molecule has 0 saturated carbocycles. The van der Waals surface area contributed by atoms with E-state index in [1.165, 1.54) is 24.5 Å². The maximum Gasteiger partial charge on any atom is 0.249 e. The minimum absolute atomic E-state index is 0.146. The summed E-state index contributed by atoms with van der Waals surface area (Å²) in [4.78, 5) is 26.6. The highest BCUT2D eigenvalue weighted by atomic mass is 19.1. The maximum absolute atomic E-state index is 13.6. The molecule has 0 aliphatic carbocycles. The van der Waals surface area contributed by atoms with E-state index in [2.05, 4.69) is 31.5 Å². The van der Waals surface area contributed by atoms with Gasteiger partial charge in [0.2, 0.25) is 5.91 Å². The van der Waals surface area contributed by atoms with Crippen molar-refractivity contribution in [2.24, 2.45) is 0 Å². The molecule has 3 rings (SSSR count). The van der Waals surface area contributed by atoms with Crippen LogP contribution in [-0.2, 0) is 4.79 Å². The topological polar surface area (TPSA) is 83.0 Å². The van der Waals surface area contributed by atoms with Gasteiger partial charge >= 0.3 is 0 Å². The van der Waals surface area contributed by atoms with Gasteiger partial charge in [0.25, 0.3) is 0 Å². The number of fused-ring (bicyclic) bond motifs is 1. The number of hydrogen-bond donors (Lipinski definition) is 2. The molecule has 2 N–H and O–H groups in total. The van der Waals surface area contributed by atoms with Gasteiger partial charge in [-0.25, -0.2) is 19.3 Å². The molecular weight excluding hydrogens is 371 g/mol. The molecule has 2 heterocycles. The van der Waals surface area contributed by atoms with Crippen molar-refractivity contribution in [1.82, 2.24) is 19.9 Å². The number of pyridine rings is 1. The van der Waals surface area contributed by atoms with Crippen LogP contribution in [0.3, 0.4) is 0 Å². The van der Waals surface area contributed by atoms with Gasteiger partial charge in [-0.3, -0.25) is 4.79 Å². The fraction of sp³-hybridized carbons (Fsp3) is 0.143. The number of likely N-dealkylation sites (N-methyl/N-ethyl adjacent to an activating group) is 1. The monoisotopic (exact) mass is 390 g/mol. The van der Waals surface area contributed by atoms with E-state index in [0.717, 1.165) is 0 Å². The Morgan fingerprint density at radius 3 is 2.86 bits per heavy atom. The number of benzene rings is 1. The summed E-state index contributed by atoms with van der Waals surface area (Å²) in [5.41, 5.74) is 1.31. The number of hydrogen-bond acceptors (Lipinski definition) is 6. The second-order valence-corrected chi connectivity index (χ2v) is 6.43. The maximum atomic E-state index is 13.6. The van der Waals surface area contributed by atoms with Crippen molar-refractivity contribution in [1.29, 1.82) is 0 Å². The van der Waals surface area contributed by atoms with Crippen molar-refractivity contribution >= 4 is 34.1 Å². The van der Waals surface area contributed by atoms with Crippen LogP contribution < -0.4 is 10.6 Å². The van der Waals surface area contributed by atoms with E-state index in [0.29, 0.717) is 34.8 Å². The lowest BCUT2D eigenvalue weighted by atomic mass is 10.2. The van der Waals surface area contributed by atoms with Crippen molar-refractivity contribution < 1.29 is 9.18 Å². The van der Waals surface area contributed by atoms with Gasteiger partial charge in [-0.1, -0.05) is 12.0 Å². The molecule has 0 unspecified atom stereocenters. The van der Waals surface area contributed by atoms with Crippen molar-refractivity contribution in [2.45, 2.75) is 0 Å². The van der Waals surface area contributed by atoms with Crippen LogP contribution in [0.1, 0.15) is 5.56 Å². The van der Waals surface area contributed by atoms with Gasteiger partial charge in [0.1, 0.15) is 23.8 Å². The first kappa shape index (κ1) is 19.9. The van der Waals surface area contributed by atoms with Crippen molar-refractivity contribution in [3.63, 3.8) is 0 Å². The van der Waals surface area contributed by atoms with E-state index in [-0.39, 0.29) is 11.5 Å². The van der Waals surface area contributed by atoms with Gasteiger partial charge in [0.05, 0.1) is 17.3 Å². The number of anilines is 3. The number of carbonyl (C=O) groups is 1. The normalized spacial score (nSPS) is 11.0. The average molecular weight is 390 g/mol. The highest BCUT2D eigenvalue weighted by molar-refractivity contribution is 6.00. The third-order valence-electron chi connectivity index (χ3n) is 3.90. The standard InChI is InChI=1S/C21H19FN6O/c1-4-14-10-15(7-8-17(14)22)26-21-16-11-19(23-12-18(16)24-13-25-21)27-20(29)6-5-9-28(2)3/h1,5-8,10-13H,9H2,2-3H3,(H,23,27,29)(H,24,25,26). The molecular formula is C21H19FN6O. The number of aromatic nitrogens is 3. The molecule has 146 valence electrons. The van der Waals surface area contributed by atoms with E-state index in [1.807, 2.05) is 19.0 Å². The largest absolute Gasteiger partial charge is 0.340 e. The van der Waals surface area contributed by atoms with Gasteiger partial charge < -0.3 is 15.5 Å². The summed E-state index contributed by atoms with van der Waals surface area (Å²) in [5.74, 6) is 2.38. The minimum Gasteiger partial charge on any atom is -0.340 e. The third kappa shape index (κ3) is 5.12. The lowest BCUT2D eigenvalue weighted by Gasteiger charge is -2.10. The van der Waals surface area contributed by atoms with Crippen LogP contribution in [0.2, 0.25) is 0 Å². The van der Waals surface area contributed by atoms with Crippen LogP contribution in [0.15, 0.2) is 48.9 Å². The predicted octanol–water partition coefficient (Wildman–Crippen LogP) is 2.95. The number of halogens is 1. The molecule has 3 aromatic rings. The Morgan fingerprint density at radius 2 is 2.10 bits per heavy atom. The zero-order valence-electron chi connectivity index (χ0n) is 16.0. The lowest BCUT2D eigenvalue weighted by molar-refractivity contribution is -0.111. The number of nitrogens with one attached hydrogen (secondary N) is 2. The molecule has 0 aliphatic heterocycles. The zero-order valence-corrected chi connectivity index (χ0v) is 16.0. The van der Waals surface area contributed by atoms with E-state index in [4.69, 9.17) is 6.42 Å². The Morgan fingerprint density at radius 1 is 1.28 bits per heavy atom. The molecule has 29 heavy (non-hydrogen) atoms. The highest BCUT2D eigenvalue weighted by Gasteiger charge is 2.09. The highest BCUT2D eigenvalue weighted by Crippen LogP contribution is 2.25. The molecule has 0 bridgehead atoms. The Balaban J connectivity index is 1.86. The Kier molecular flexibility index (Phi) is 6.12. The second kappa shape index (κ2) is 8.91. The summed E-state index contributed by atoms with van der Waals surface area (Å²) in [6, 6.07) is 6.03. The molecule has 0 aliphatic rings. The van der Waals surface area contributed by atoms with Crippen LogP contribution in [0.25, 0.3) is 10.9 Å². The van der Waals surface area contributed by atoms with E-state index in [1.54, 1.807) is 24.4 Å². The molecule has 0 saturated heterocycles. The van der Waals surface area contributed by atoms with Crippen LogP contribution in [0, 0.1) is 18.2 Å². The summed E-state index contributed by atoms with van der Waals surface area (Å²) in [5, 5.41) is 6.45. The Labute approximate surface area is 167 Å². The second-order valence-electron chi connectivity index (χ2n) is 6.43. The molecule has 0 spiro atoms. The number of rotatable bonds is 6. The smallest absolute Gasteiger partial charge is 0.249 e. The summed E-state index contributed by atoms with van der Waals surface area (Å²) < 4.78 is 13.6. The molecule has 0 fully saturated rings. The van der Waals surface area contributed by atoms with Gasteiger partial charge in [0.15, 0.2) is 0 Å². The van der Waals surface area contributed by atoms with E-state index < -0.39 is 5.82 Å². The van der Waals surface area contributed by atoms with E-state index >= 15 is 0 Å². The molecule has 0 atom stereocenters. The molecule has 2 aromatic heterocycles. The lowest BCUT2D eigenvalue weighted by Crippen LogP contribution is -2.13. The summed E-state index contributed by atoms with van der Waals surface area (Å²) in [7, 11) is 3.82.